The third-order valence-electron chi connectivity index (χ3n) is 7.28. The quantitative estimate of drug-likeness (QED) is 0.510. The highest BCUT2D eigenvalue weighted by atomic mass is 16.2. The molecule has 1 aromatic rings. The second-order valence-corrected chi connectivity index (χ2v) is 9.18. The number of rotatable bonds is 4. The van der Waals surface area contributed by atoms with Gasteiger partial charge in [-0.2, -0.15) is 0 Å². The molecule has 0 bridgehead atoms. The van der Waals surface area contributed by atoms with Crippen molar-refractivity contribution >= 4 is 29.5 Å². The zero-order valence-corrected chi connectivity index (χ0v) is 17.6. The summed E-state index contributed by atoms with van der Waals surface area (Å²) in [7, 11) is 0. The number of carbonyl (C=O) groups is 5. The van der Waals surface area contributed by atoms with Gasteiger partial charge in [0.15, 0.2) is 0 Å². The molecule has 3 unspecified atom stereocenters. The van der Waals surface area contributed by atoms with E-state index >= 15 is 0 Å². The van der Waals surface area contributed by atoms with Gasteiger partial charge in [-0.15, -0.1) is 0 Å². The highest BCUT2D eigenvalue weighted by molar-refractivity contribution is 6.23. The van der Waals surface area contributed by atoms with E-state index < -0.39 is 35.1 Å². The summed E-state index contributed by atoms with van der Waals surface area (Å²) < 4.78 is 0. The highest BCUT2D eigenvalue weighted by Gasteiger charge is 2.52. The van der Waals surface area contributed by atoms with Crippen molar-refractivity contribution < 1.29 is 24.0 Å². The lowest BCUT2D eigenvalue weighted by atomic mass is 9.73. The maximum atomic E-state index is 13.0. The predicted octanol–water partition coefficient (Wildman–Crippen LogP) is -1.02. The summed E-state index contributed by atoms with van der Waals surface area (Å²) in [5, 5.41) is 5.48. The van der Waals surface area contributed by atoms with E-state index in [1.54, 1.807) is 18.2 Å². The van der Waals surface area contributed by atoms with Gasteiger partial charge in [-0.25, -0.2) is 0 Å². The molecule has 5 rings (SSSR count). The fourth-order valence-electron chi connectivity index (χ4n) is 5.60. The van der Waals surface area contributed by atoms with Gasteiger partial charge < -0.3 is 11.1 Å². The summed E-state index contributed by atoms with van der Waals surface area (Å²) >= 11 is 0. The number of likely N-dealkylation sites (tertiary alicyclic amines) is 1. The number of nitrogens with zero attached hydrogens (tertiary/aromatic N) is 2. The summed E-state index contributed by atoms with van der Waals surface area (Å²) in [5.41, 5.74) is 6.56. The fourth-order valence-corrected chi connectivity index (χ4v) is 5.60. The summed E-state index contributed by atoms with van der Waals surface area (Å²) in [6, 6.07) is 4.13. The molecule has 0 aromatic heterocycles. The third-order valence-corrected chi connectivity index (χ3v) is 7.28. The van der Waals surface area contributed by atoms with Crippen LogP contribution in [0.5, 0.6) is 0 Å². The van der Waals surface area contributed by atoms with E-state index in [1.807, 2.05) is 0 Å². The van der Waals surface area contributed by atoms with Crippen LogP contribution in [0.2, 0.25) is 0 Å². The first-order chi connectivity index (χ1) is 15.3. The second kappa shape index (κ2) is 7.49. The monoisotopic (exact) mass is 439 g/mol. The Morgan fingerprint density at radius 2 is 1.91 bits per heavy atom. The molecule has 1 aromatic carbocycles. The van der Waals surface area contributed by atoms with Gasteiger partial charge in [-0.3, -0.25) is 39.1 Å². The number of hydrogen-bond acceptors (Lipinski definition) is 7. The molecule has 4 N–H and O–H groups in total. The largest absolute Gasteiger partial charge is 0.369 e. The number of nitrogens with two attached hydrogens (primary N) is 1. The van der Waals surface area contributed by atoms with Gasteiger partial charge in [0.25, 0.3) is 11.8 Å². The minimum atomic E-state index is -0.979. The van der Waals surface area contributed by atoms with Gasteiger partial charge >= 0.3 is 0 Å². The van der Waals surface area contributed by atoms with Gasteiger partial charge in [-0.05, 0) is 43.0 Å². The maximum absolute atomic E-state index is 13.0. The molecule has 0 saturated carbocycles. The number of nitrogens with one attached hydrogen (secondary N) is 2. The first kappa shape index (κ1) is 20.8. The molecule has 4 aliphatic heterocycles. The van der Waals surface area contributed by atoms with E-state index in [1.165, 1.54) is 0 Å². The molecule has 5 amide bonds. The van der Waals surface area contributed by atoms with Crippen LogP contribution in [-0.2, 0) is 20.9 Å². The van der Waals surface area contributed by atoms with Gasteiger partial charge in [-0.1, -0.05) is 6.07 Å². The van der Waals surface area contributed by atoms with Crippen molar-refractivity contribution in [1.82, 2.24) is 20.4 Å². The molecule has 4 aliphatic rings. The molecule has 0 spiro atoms. The Labute approximate surface area is 184 Å². The van der Waals surface area contributed by atoms with E-state index in [2.05, 4.69) is 15.5 Å². The Hall–Kier alpha value is -3.11. The average molecular weight is 439 g/mol. The number of benzene rings is 1. The highest BCUT2D eigenvalue weighted by Crippen LogP contribution is 2.40. The summed E-state index contributed by atoms with van der Waals surface area (Å²) in [6.07, 6.45) is 1.10. The number of carbonyl (C=O) groups excluding carboxylic acids is 5. The number of piperidine rings is 2. The molecular weight excluding hydrogens is 414 g/mol. The predicted molar refractivity (Wildman–Crippen MR) is 111 cm³/mol. The van der Waals surface area contributed by atoms with Crippen molar-refractivity contribution in [2.24, 2.45) is 17.1 Å². The summed E-state index contributed by atoms with van der Waals surface area (Å²) in [5.74, 6) is -2.15. The van der Waals surface area contributed by atoms with E-state index in [0.29, 0.717) is 19.6 Å². The second-order valence-electron chi connectivity index (χ2n) is 9.18. The van der Waals surface area contributed by atoms with Crippen LogP contribution in [0.3, 0.4) is 0 Å². The molecule has 32 heavy (non-hydrogen) atoms. The summed E-state index contributed by atoms with van der Waals surface area (Å²) in [4.78, 5) is 64.9. The van der Waals surface area contributed by atoms with Crippen LogP contribution in [0.1, 0.15) is 45.5 Å². The number of hydrogen-bond donors (Lipinski definition) is 3. The van der Waals surface area contributed by atoms with E-state index in [9.17, 15) is 24.0 Å². The third kappa shape index (κ3) is 3.13. The van der Waals surface area contributed by atoms with Crippen LogP contribution in [-0.4, -0.2) is 71.6 Å². The number of primary amides is 1. The Morgan fingerprint density at radius 1 is 1.12 bits per heavy atom. The van der Waals surface area contributed by atoms with Crippen molar-refractivity contribution in [2.75, 3.05) is 26.2 Å². The average Bonchev–Trinajstić information content (AvgIpc) is 3.24. The van der Waals surface area contributed by atoms with E-state index in [0.717, 1.165) is 30.0 Å². The zero-order chi connectivity index (χ0) is 22.6. The van der Waals surface area contributed by atoms with Gasteiger partial charge in [0, 0.05) is 32.6 Å². The molecule has 4 heterocycles. The molecule has 3 fully saturated rings. The lowest BCUT2D eigenvalue weighted by Crippen LogP contribution is -2.54. The zero-order valence-electron chi connectivity index (χ0n) is 17.6. The number of amides is 5. The van der Waals surface area contributed by atoms with Gasteiger partial charge in [0.1, 0.15) is 6.04 Å². The maximum Gasteiger partial charge on any atom is 0.262 e. The smallest absolute Gasteiger partial charge is 0.262 e. The SMILES string of the molecule is NC(=O)C12CNCCC1CN(Cc1ccc3c(c1)C(=O)N(C1CCC(=O)NC1=O)C3=O)C2. The Bertz CT molecular complexity index is 1060. The standard InChI is InChI=1S/C22H25N5O5/c23-21(32)22-10-24-6-5-13(22)9-26(11-22)8-12-1-2-14-15(7-12)20(31)27(19(14)30)16-3-4-17(28)25-18(16)29/h1-2,7,13,16,24H,3-6,8-11H2,(H2,23,32)(H,25,28,29). The topological polar surface area (TPSA) is 142 Å². The lowest BCUT2D eigenvalue weighted by molar-refractivity contribution is -0.136. The molecule has 0 radical (unpaired) electrons. The molecular formula is C22H25N5O5. The van der Waals surface area contributed by atoms with Crippen LogP contribution in [0.25, 0.3) is 0 Å². The van der Waals surface area contributed by atoms with Crippen molar-refractivity contribution in [3.63, 3.8) is 0 Å². The summed E-state index contributed by atoms with van der Waals surface area (Å²) in [6.45, 7) is 3.25. The van der Waals surface area contributed by atoms with Crippen LogP contribution >= 0.6 is 0 Å². The van der Waals surface area contributed by atoms with Crippen LogP contribution in [0.15, 0.2) is 18.2 Å². The van der Waals surface area contributed by atoms with Gasteiger partial charge in [0.05, 0.1) is 16.5 Å². The van der Waals surface area contributed by atoms with Crippen LogP contribution in [0, 0.1) is 11.3 Å². The Kier molecular flexibility index (Phi) is 4.86. The first-order valence-electron chi connectivity index (χ1n) is 10.9. The van der Waals surface area contributed by atoms with E-state index in [4.69, 9.17) is 5.73 Å². The van der Waals surface area contributed by atoms with Crippen molar-refractivity contribution in [3.05, 3.63) is 34.9 Å². The Morgan fingerprint density at radius 3 is 2.62 bits per heavy atom. The number of imide groups is 2. The molecule has 3 saturated heterocycles. The van der Waals surface area contributed by atoms with Crippen LogP contribution in [0.4, 0.5) is 0 Å². The van der Waals surface area contributed by atoms with Crippen molar-refractivity contribution in [3.8, 4) is 0 Å². The molecule has 0 aliphatic carbocycles. The molecule has 10 nitrogen and oxygen atoms in total. The van der Waals surface area contributed by atoms with E-state index in [-0.39, 0.29) is 35.8 Å². The van der Waals surface area contributed by atoms with Gasteiger partial charge in [0.2, 0.25) is 17.7 Å². The normalized spacial score (nSPS) is 30.3. The first-order valence-corrected chi connectivity index (χ1v) is 10.9. The van der Waals surface area contributed by atoms with Crippen molar-refractivity contribution in [2.45, 2.75) is 31.8 Å². The lowest BCUT2D eigenvalue weighted by Gasteiger charge is -2.36. The number of fused-ring (bicyclic) bond motifs is 2. The fraction of sp³-hybridized carbons (Fsp3) is 0.500. The minimum Gasteiger partial charge on any atom is -0.369 e. The van der Waals surface area contributed by atoms with Crippen LogP contribution < -0.4 is 16.4 Å². The molecule has 3 atom stereocenters. The molecule has 168 valence electrons. The minimum absolute atomic E-state index is 0.0850. The molecule has 10 heteroatoms. The Balaban J connectivity index is 1.35. The van der Waals surface area contributed by atoms with Crippen molar-refractivity contribution in [1.29, 1.82) is 0 Å².